The van der Waals surface area contributed by atoms with Crippen molar-refractivity contribution in [3.63, 3.8) is 0 Å². The molecule has 0 unspecified atom stereocenters. The maximum Gasteiger partial charge on any atom is 0.246 e. The third-order valence-corrected chi connectivity index (χ3v) is 6.07. The number of carbonyl (C=O) groups is 2. The van der Waals surface area contributed by atoms with E-state index < -0.39 is 6.04 Å². The second-order valence-electron chi connectivity index (χ2n) is 8.66. The van der Waals surface area contributed by atoms with Crippen LogP contribution in [-0.2, 0) is 16.0 Å². The van der Waals surface area contributed by atoms with Gasteiger partial charge in [0.2, 0.25) is 11.8 Å². The van der Waals surface area contributed by atoms with Crippen molar-refractivity contribution >= 4 is 23.3 Å². The molecule has 7 nitrogen and oxygen atoms in total. The first-order valence-electron chi connectivity index (χ1n) is 11.6. The molecule has 1 atom stereocenters. The molecule has 1 aliphatic heterocycles. The maximum atomic E-state index is 13.2. The number of piperazine rings is 1. The fourth-order valence-corrected chi connectivity index (χ4v) is 3.94. The van der Waals surface area contributed by atoms with Gasteiger partial charge in [-0.1, -0.05) is 60.2 Å². The van der Waals surface area contributed by atoms with Gasteiger partial charge in [0, 0.05) is 26.7 Å². The van der Waals surface area contributed by atoms with E-state index in [1.54, 1.807) is 11.1 Å². The monoisotopic (exact) mass is 457 g/mol. The summed E-state index contributed by atoms with van der Waals surface area (Å²) >= 11 is 0. The summed E-state index contributed by atoms with van der Waals surface area (Å²) in [6, 6.07) is 21.4. The molecular formula is C27H31N5O2. The minimum absolute atomic E-state index is 0.0767. The average Bonchev–Trinajstić information content (AvgIpc) is 2.85. The minimum atomic E-state index is -0.485. The van der Waals surface area contributed by atoms with Crippen molar-refractivity contribution in [1.82, 2.24) is 15.2 Å². The third-order valence-electron chi connectivity index (χ3n) is 6.07. The molecule has 0 spiro atoms. The number of carbonyl (C=O) groups excluding carboxylic acids is 2. The number of benzene rings is 2. The van der Waals surface area contributed by atoms with E-state index in [1.165, 1.54) is 11.1 Å². The zero-order valence-electron chi connectivity index (χ0n) is 19.7. The van der Waals surface area contributed by atoms with Crippen LogP contribution in [0.25, 0.3) is 0 Å². The summed E-state index contributed by atoms with van der Waals surface area (Å²) in [6.45, 7) is 4.47. The van der Waals surface area contributed by atoms with Gasteiger partial charge in [-0.15, -0.1) is 0 Å². The number of aromatic nitrogens is 1. The molecule has 2 aromatic carbocycles. The van der Waals surface area contributed by atoms with E-state index in [2.05, 4.69) is 46.8 Å². The topological polar surface area (TPSA) is 77.6 Å². The van der Waals surface area contributed by atoms with Crippen molar-refractivity contribution in [2.45, 2.75) is 19.4 Å². The molecular weight excluding hydrogens is 426 g/mol. The predicted octanol–water partition coefficient (Wildman–Crippen LogP) is 3.18. The highest BCUT2D eigenvalue weighted by Gasteiger charge is 2.23. The van der Waals surface area contributed by atoms with Gasteiger partial charge in [0.1, 0.15) is 11.9 Å². The Morgan fingerprint density at radius 2 is 1.79 bits per heavy atom. The van der Waals surface area contributed by atoms with Gasteiger partial charge in [0.15, 0.2) is 0 Å². The van der Waals surface area contributed by atoms with Gasteiger partial charge in [-0.05, 0) is 36.6 Å². The smallest absolute Gasteiger partial charge is 0.246 e. The molecule has 3 aromatic rings. The van der Waals surface area contributed by atoms with Crippen LogP contribution in [0.15, 0.2) is 72.9 Å². The highest BCUT2D eigenvalue weighted by Crippen LogP contribution is 2.19. The van der Waals surface area contributed by atoms with E-state index in [-0.39, 0.29) is 11.8 Å². The molecule has 0 saturated carbocycles. The van der Waals surface area contributed by atoms with Crippen molar-refractivity contribution in [3.8, 4) is 0 Å². The van der Waals surface area contributed by atoms with Crippen molar-refractivity contribution in [2.75, 3.05) is 43.4 Å². The number of nitrogens with one attached hydrogen (secondary N) is 2. The van der Waals surface area contributed by atoms with Crippen molar-refractivity contribution in [2.24, 2.45) is 0 Å². The van der Waals surface area contributed by atoms with Crippen LogP contribution in [0.5, 0.6) is 0 Å². The summed E-state index contributed by atoms with van der Waals surface area (Å²) in [4.78, 5) is 33.3. The molecule has 4 rings (SSSR count). The van der Waals surface area contributed by atoms with Crippen molar-refractivity contribution < 1.29 is 9.59 Å². The van der Waals surface area contributed by atoms with E-state index in [1.807, 2.05) is 54.4 Å². The van der Waals surface area contributed by atoms with Gasteiger partial charge in [-0.3, -0.25) is 9.59 Å². The minimum Gasteiger partial charge on any atom is -0.346 e. The molecule has 7 heteroatoms. The number of anilines is 2. The van der Waals surface area contributed by atoms with Crippen molar-refractivity contribution in [3.05, 3.63) is 89.6 Å². The van der Waals surface area contributed by atoms with Crippen LogP contribution >= 0.6 is 0 Å². The van der Waals surface area contributed by atoms with E-state index in [0.717, 1.165) is 24.3 Å². The second kappa shape index (κ2) is 10.9. The number of hydrogen-bond acceptors (Lipinski definition) is 5. The molecule has 1 aliphatic rings. The van der Waals surface area contributed by atoms with Gasteiger partial charge >= 0.3 is 0 Å². The number of hydrogen-bond donors (Lipinski definition) is 2. The molecule has 1 fully saturated rings. The van der Waals surface area contributed by atoms with E-state index in [9.17, 15) is 9.59 Å². The SMILES string of the molecule is Cc1ccc(CCN[C@H](C(=O)Nc2ccc(N3CCN(C)C(=O)C3)nc2)c2ccccc2)cc1. The molecule has 2 heterocycles. The number of amides is 2. The lowest BCUT2D eigenvalue weighted by Gasteiger charge is -2.32. The summed E-state index contributed by atoms with van der Waals surface area (Å²) in [5.41, 5.74) is 3.99. The zero-order chi connectivity index (χ0) is 23.9. The average molecular weight is 458 g/mol. The Morgan fingerprint density at radius 3 is 2.47 bits per heavy atom. The molecule has 1 saturated heterocycles. The predicted molar refractivity (Wildman–Crippen MR) is 135 cm³/mol. The summed E-state index contributed by atoms with van der Waals surface area (Å²) < 4.78 is 0. The van der Waals surface area contributed by atoms with Gasteiger partial charge < -0.3 is 20.4 Å². The first-order chi connectivity index (χ1) is 16.5. The number of rotatable bonds is 8. The molecule has 2 N–H and O–H groups in total. The lowest BCUT2D eigenvalue weighted by molar-refractivity contribution is -0.129. The highest BCUT2D eigenvalue weighted by molar-refractivity contribution is 5.95. The van der Waals surface area contributed by atoms with Crippen LogP contribution in [0.3, 0.4) is 0 Å². The molecule has 1 aromatic heterocycles. The molecule has 0 bridgehead atoms. The Kier molecular flexibility index (Phi) is 7.54. The van der Waals surface area contributed by atoms with E-state index in [4.69, 9.17) is 0 Å². The lowest BCUT2D eigenvalue weighted by Crippen LogP contribution is -2.48. The molecule has 34 heavy (non-hydrogen) atoms. The number of likely N-dealkylation sites (N-methyl/N-ethyl adjacent to an activating group) is 1. The number of nitrogens with zero attached hydrogens (tertiary/aromatic N) is 3. The maximum absolute atomic E-state index is 13.2. The Labute approximate surface area is 200 Å². The van der Waals surface area contributed by atoms with Gasteiger partial charge in [0.05, 0.1) is 18.4 Å². The standard InChI is InChI=1S/C27H31N5O2/c1-20-8-10-21(11-9-20)14-15-28-26(22-6-4-3-5-7-22)27(34)30-23-12-13-24(29-18-23)32-17-16-31(2)25(33)19-32/h3-13,18,26,28H,14-17,19H2,1-2H3,(H,30,34)/t26-/m0/s1. The zero-order valence-corrected chi connectivity index (χ0v) is 19.7. The van der Waals surface area contributed by atoms with E-state index >= 15 is 0 Å². The highest BCUT2D eigenvalue weighted by atomic mass is 16.2. The van der Waals surface area contributed by atoms with Crippen LogP contribution < -0.4 is 15.5 Å². The van der Waals surface area contributed by atoms with E-state index in [0.29, 0.717) is 25.3 Å². The van der Waals surface area contributed by atoms with Crippen LogP contribution in [0.4, 0.5) is 11.5 Å². The first-order valence-corrected chi connectivity index (χ1v) is 11.6. The van der Waals surface area contributed by atoms with Gasteiger partial charge in [-0.2, -0.15) is 0 Å². The lowest BCUT2D eigenvalue weighted by atomic mass is 10.0. The Bertz CT molecular complexity index is 1100. The summed E-state index contributed by atoms with van der Waals surface area (Å²) in [5, 5.41) is 6.39. The second-order valence-corrected chi connectivity index (χ2v) is 8.66. The fourth-order valence-electron chi connectivity index (χ4n) is 3.94. The Hall–Kier alpha value is -3.71. The normalized spacial score (nSPS) is 14.7. The molecule has 0 aliphatic carbocycles. The molecule has 2 amide bonds. The molecule has 0 radical (unpaired) electrons. The van der Waals surface area contributed by atoms with Gasteiger partial charge in [0.25, 0.3) is 0 Å². The van der Waals surface area contributed by atoms with Crippen LogP contribution in [0, 0.1) is 6.92 Å². The Balaban J connectivity index is 1.40. The fraction of sp³-hybridized carbons (Fsp3) is 0.296. The van der Waals surface area contributed by atoms with Crippen molar-refractivity contribution in [1.29, 1.82) is 0 Å². The van der Waals surface area contributed by atoms with Crippen LogP contribution in [0.2, 0.25) is 0 Å². The van der Waals surface area contributed by atoms with Crippen LogP contribution in [0.1, 0.15) is 22.7 Å². The summed E-state index contributed by atoms with van der Waals surface area (Å²) in [6.07, 6.45) is 2.47. The van der Waals surface area contributed by atoms with Crippen LogP contribution in [-0.4, -0.2) is 54.9 Å². The molecule has 176 valence electrons. The quantitative estimate of drug-likeness (QED) is 0.543. The summed E-state index contributed by atoms with van der Waals surface area (Å²) in [7, 11) is 1.81. The largest absolute Gasteiger partial charge is 0.346 e. The summed E-state index contributed by atoms with van der Waals surface area (Å²) in [5.74, 6) is 0.669. The third kappa shape index (κ3) is 5.99. The number of aryl methyl sites for hydroxylation is 1. The number of pyridine rings is 1. The Morgan fingerprint density at radius 1 is 1.03 bits per heavy atom. The first kappa shape index (κ1) is 23.4. The van der Waals surface area contributed by atoms with Gasteiger partial charge in [-0.25, -0.2) is 4.98 Å².